The van der Waals surface area contributed by atoms with Gasteiger partial charge >= 0.3 is 84.3 Å². The molecule has 0 bridgehead atoms. The molecule has 0 aromatic rings. The number of hydrogen-bond acceptors (Lipinski definition) is 2. The average Bonchev–Trinajstić information content (AvgIpc) is 1.75. The summed E-state index contributed by atoms with van der Waals surface area (Å²) < 4.78 is 8.50. The Kier molecular flexibility index (Phi) is 17.9. The Morgan fingerprint density at radius 3 is 1.31 bits per heavy atom. The molecule has 0 aliphatic rings. The maximum atomic E-state index is 5.53. The van der Waals surface area contributed by atoms with Gasteiger partial charge in [-0.1, -0.05) is 34.8 Å². The molecular weight excluding hydrogens is 425 g/mol. The molecule has 0 heterocycles. The van der Waals surface area contributed by atoms with Crippen LogP contribution in [0.3, 0.4) is 0 Å². The van der Waals surface area contributed by atoms with E-state index < -0.39 is 8.95 Å². The van der Waals surface area contributed by atoms with Gasteiger partial charge in [0.05, 0.1) is 0 Å². The van der Waals surface area contributed by atoms with E-state index in [1.54, 1.807) is 0 Å². The topological polar surface area (TPSA) is 55.0 Å². The fraction of sp³-hybridized carbons (Fsp3) is 1.00. The third-order valence-electron chi connectivity index (χ3n) is 0.680. The van der Waals surface area contributed by atoms with E-state index in [4.69, 9.17) is 43.9 Å². The van der Waals surface area contributed by atoms with Crippen molar-refractivity contribution >= 4 is 70.1 Å². The minimum Gasteiger partial charge on any atom is -0.369 e. The van der Waals surface area contributed by atoms with Crippen molar-refractivity contribution in [3.05, 3.63) is 0 Å². The van der Waals surface area contributed by atoms with E-state index in [-0.39, 0.29) is 18.4 Å². The Morgan fingerprint density at radius 2 is 1.19 bits per heavy atom. The van der Waals surface area contributed by atoms with Crippen LogP contribution in [0.2, 0.25) is 0 Å². The maximum absolute atomic E-state index is 5.53. The van der Waals surface area contributed by atoms with Crippen molar-refractivity contribution in [1.82, 2.24) is 6.15 Å². The van der Waals surface area contributed by atoms with Crippen LogP contribution in [-0.4, -0.2) is 47.2 Å². The van der Waals surface area contributed by atoms with Crippen molar-refractivity contribution in [2.45, 2.75) is 44.2 Å². The summed E-state index contributed by atoms with van der Waals surface area (Å²) in [5.41, 5.74) is 0. The number of halogens is 3. The molecule has 0 radical (unpaired) electrons. The number of alkyl halides is 3. The van der Waals surface area contributed by atoms with Crippen molar-refractivity contribution in [2.24, 2.45) is 0 Å². The van der Waals surface area contributed by atoms with Crippen LogP contribution < -0.4 is 6.15 Å². The molecule has 0 fully saturated rings. The van der Waals surface area contributed by atoms with Crippen LogP contribution in [0, 0.1) is 0 Å². The monoisotopic (exact) mass is 445 g/mol. The molecule has 0 aromatic heterocycles. The average molecular weight is 444 g/mol. The summed E-state index contributed by atoms with van der Waals surface area (Å²) >= 11 is 20.3. The first-order valence-electron chi connectivity index (χ1n) is 4.17. The second-order valence-electron chi connectivity index (χ2n) is 3.00. The molecular formula is C7H19Cl3NO2PSe2. The molecule has 0 atom stereocenters. The molecule has 0 spiro atoms. The first-order chi connectivity index (χ1) is 6.57. The van der Waals surface area contributed by atoms with Crippen LogP contribution in [0.25, 0.3) is 0 Å². The maximum Gasteiger partial charge on any atom is 0.180 e. The van der Waals surface area contributed by atoms with Crippen molar-refractivity contribution in [3.63, 3.8) is 0 Å². The number of quaternary nitrogens is 1. The Balaban J connectivity index is -0.000000292. The van der Waals surface area contributed by atoms with Crippen molar-refractivity contribution < 1.29 is 9.05 Å². The smallest absolute Gasteiger partial charge is 0.180 e. The van der Waals surface area contributed by atoms with Gasteiger partial charge in [0, 0.05) is 0 Å². The second kappa shape index (κ2) is 12.3. The second-order valence-corrected chi connectivity index (χ2v) is 15.9. The number of rotatable bonds is 4. The standard InChI is InChI=1S/C6H15O2PSe2.CHCl3.H3N/c1-5(2)7-9(10,11)8-6(3)4;2-1(3)4;/h5-6H,1-4H3,(H,10,11);1H;1H3. The van der Waals surface area contributed by atoms with E-state index in [0.29, 0.717) is 0 Å². The first-order valence-corrected chi connectivity index (χ1v) is 11.5. The van der Waals surface area contributed by atoms with E-state index >= 15 is 0 Å². The van der Waals surface area contributed by atoms with E-state index in [0.717, 1.165) is 0 Å². The molecule has 0 aromatic carbocycles. The van der Waals surface area contributed by atoms with Crippen molar-refractivity contribution in [1.29, 1.82) is 0 Å². The van der Waals surface area contributed by atoms with Crippen LogP contribution >= 0.6 is 39.5 Å². The molecule has 3 nitrogen and oxygen atoms in total. The molecule has 0 amide bonds. The SMILES string of the molecule is CC(C)OP(=[Se])([Se-])OC(C)C.ClC(Cl)Cl.[NH4+]. The predicted molar refractivity (Wildman–Crippen MR) is 78.2 cm³/mol. The van der Waals surface area contributed by atoms with Gasteiger partial charge in [0.15, 0.2) is 4.30 Å². The van der Waals surface area contributed by atoms with Crippen LogP contribution in [0.4, 0.5) is 0 Å². The Morgan fingerprint density at radius 1 is 1.00 bits per heavy atom. The molecule has 0 saturated carbocycles. The largest absolute Gasteiger partial charge is 0.369 e. The van der Waals surface area contributed by atoms with Gasteiger partial charge < -0.3 is 6.15 Å². The summed E-state index contributed by atoms with van der Waals surface area (Å²) in [4.78, 5) is 0. The van der Waals surface area contributed by atoms with Gasteiger partial charge in [-0.3, -0.25) is 0 Å². The van der Waals surface area contributed by atoms with Crippen molar-refractivity contribution in [3.8, 4) is 0 Å². The van der Waals surface area contributed by atoms with Gasteiger partial charge in [0.2, 0.25) is 0 Å². The fourth-order valence-corrected chi connectivity index (χ4v) is 5.96. The molecule has 0 rings (SSSR count). The van der Waals surface area contributed by atoms with Gasteiger partial charge in [0.1, 0.15) is 0 Å². The van der Waals surface area contributed by atoms with Crippen molar-refractivity contribution in [2.75, 3.05) is 0 Å². The van der Waals surface area contributed by atoms with E-state index in [2.05, 4.69) is 30.7 Å². The zero-order valence-corrected chi connectivity index (χ0v) is 16.5. The molecule has 9 heteroatoms. The van der Waals surface area contributed by atoms with E-state index in [9.17, 15) is 0 Å². The summed E-state index contributed by atoms with van der Waals surface area (Å²) in [6, 6.07) is 0. The van der Waals surface area contributed by atoms with Gasteiger partial charge in [-0.05, 0) is 0 Å². The minimum atomic E-state index is -1.80. The van der Waals surface area contributed by atoms with Gasteiger partial charge in [-0.15, -0.1) is 0 Å². The molecule has 0 unspecified atom stereocenters. The number of hydrogen-bond donors (Lipinski definition) is 1. The van der Waals surface area contributed by atoms with Gasteiger partial charge in [-0.2, -0.15) is 0 Å². The molecule has 0 saturated heterocycles. The quantitative estimate of drug-likeness (QED) is 0.401. The zero-order valence-electron chi connectivity index (χ0n) is 9.95. The predicted octanol–water partition coefficient (Wildman–Crippen LogP) is 4.21. The zero-order chi connectivity index (χ0) is 12.6. The fourth-order valence-electron chi connectivity index (χ4n) is 0.541. The summed E-state index contributed by atoms with van der Waals surface area (Å²) in [5.74, 6) is 0. The van der Waals surface area contributed by atoms with Gasteiger partial charge in [0.25, 0.3) is 0 Å². The molecule has 0 aliphatic carbocycles. The Labute approximate surface area is 129 Å². The van der Waals surface area contributed by atoms with Gasteiger partial charge in [-0.25, -0.2) is 0 Å². The third-order valence-corrected chi connectivity index (χ3v) is 4.21. The summed E-state index contributed by atoms with van der Waals surface area (Å²) in [6.07, 6.45) is 0.397. The van der Waals surface area contributed by atoms with Crippen LogP contribution in [0.15, 0.2) is 0 Å². The van der Waals surface area contributed by atoms with Crippen LogP contribution in [0.5, 0.6) is 0 Å². The van der Waals surface area contributed by atoms with E-state index in [1.807, 2.05) is 27.7 Å². The molecule has 0 aliphatic heterocycles. The first kappa shape index (κ1) is 23.3. The Hall–Kier alpha value is 2.22. The minimum absolute atomic E-state index is 0. The normalized spacial score (nSPS) is 11.2. The third kappa shape index (κ3) is 25.2. The molecule has 4 N–H and O–H groups in total. The summed E-state index contributed by atoms with van der Waals surface area (Å²) in [7, 11) is 0. The van der Waals surface area contributed by atoms with Crippen LogP contribution in [0.1, 0.15) is 27.7 Å². The molecule has 16 heavy (non-hydrogen) atoms. The van der Waals surface area contributed by atoms with Crippen LogP contribution in [-0.2, 0) is 9.05 Å². The summed E-state index contributed by atoms with van der Waals surface area (Å²) in [6.45, 7) is 7.97. The molecule has 102 valence electrons. The van der Waals surface area contributed by atoms with E-state index in [1.165, 1.54) is 0 Å². The summed E-state index contributed by atoms with van der Waals surface area (Å²) in [5, 5.41) is 0. The Bertz CT molecular complexity index is 191.